The maximum absolute atomic E-state index is 13.2. The second kappa shape index (κ2) is 32.5. The van der Waals surface area contributed by atoms with Crippen LogP contribution in [0, 0.1) is 17.8 Å². The lowest BCUT2D eigenvalue weighted by atomic mass is 9.79. The van der Waals surface area contributed by atoms with Gasteiger partial charge in [0.25, 0.3) is 0 Å². The molecule has 0 radical (unpaired) electrons. The average molecular weight is 769 g/mol. The first-order valence-electron chi connectivity index (χ1n) is 22.7. The highest BCUT2D eigenvalue weighted by atomic mass is 16.5. The van der Waals surface area contributed by atoms with Gasteiger partial charge >= 0.3 is 17.9 Å². The fourth-order valence-corrected chi connectivity index (χ4v) is 7.99. The molecule has 0 aliphatic carbocycles. The van der Waals surface area contributed by atoms with Crippen LogP contribution in [0.3, 0.4) is 0 Å². The summed E-state index contributed by atoms with van der Waals surface area (Å²) in [6.45, 7) is 14.8. The van der Waals surface area contributed by atoms with Crippen LogP contribution in [-0.4, -0.2) is 87.3 Å². The molecule has 0 aromatic rings. The number of hydrogen-bond donors (Lipinski definition) is 0. The molecule has 0 N–H and O–H groups in total. The predicted molar refractivity (Wildman–Crippen MR) is 224 cm³/mol. The number of nitrogens with zero attached hydrogens (tertiary/aromatic N) is 2. The first-order valence-corrected chi connectivity index (χ1v) is 22.7. The zero-order valence-corrected chi connectivity index (χ0v) is 35.6. The summed E-state index contributed by atoms with van der Waals surface area (Å²) in [5.74, 6) is -0.529. The molecule has 0 bridgehead atoms. The summed E-state index contributed by atoms with van der Waals surface area (Å²) >= 11 is 0. The second-order valence-corrected chi connectivity index (χ2v) is 16.3. The van der Waals surface area contributed by atoms with E-state index in [2.05, 4.69) is 54.5 Å². The number of ether oxygens (including phenoxy) is 3. The number of hydrogen-bond acceptors (Lipinski definition) is 8. The van der Waals surface area contributed by atoms with Crippen molar-refractivity contribution in [3.63, 3.8) is 0 Å². The number of esters is 3. The van der Waals surface area contributed by atoms with Crippen molar-refractivity contribution in [1.82, 2.24) is 9.80 Å². The molecule has 2 heterocycles. The van der Waals surface area contributed by atoms with Gasteiger partial charge in [0.2, 0.25) is 0 Å². The predicted octanol–water partition coefficient (Wildman–Crippen LogP) is 10.5. The minimum atomic E-state index is -0.183. The van der Waals surface area contributed by atoms with Crippen molar-refractivity contribution in [3.8, 4) is 0 Å². The maximum atomic E-state index is 13.2. The highest BCUT2D eigenvalue weighted by molar-refractivity contribution is 5.72. The summed E-state index contributed by atoms with van der Waals surface area (Å²) in [4.78, 5) is 44.5. The molecule has 314 valence electrons. The van der Waals surface area contributed by atoms with Gasteiger partial charge in [-0.1, -0.05) is 128 Å². The largest absolute Gasteiger partial charge is 0.466 e. The van der Waals surface area contributed by atoms with E-state index in [0.29, 0.717) is 19.8 Å². The zero-order valence-electron chi connectivity index (χ0n) is 35.6. The van der Waals surface area contributed by atoms with E-state index in [9.17, 15) is 14.4 Å². The lowest BCUT2D eigenvalue weighted by molar-refractivity contribution is -0.149. The fraction of sp³-hybridized carbons (Fsp3) is 0.830. The van der Waals surface area contributed by atoms with Gasteiger partial charge in [0.1, 0.15) is 0 Å². The van der Waals surface area contributed by atoms with Gasteiger partial charge in [-0.2, -0.15) is 0 Å². The van der Waals surface area contributed by atoms with Crippen LogP contribution in [-0.2, 0) is 28.6 Å². The van der Waals surface area contributed by atoms with Crippen molar-refractivity contribution < 1.29 is 28.6 Å². The van der Waals surface area contributed by atoms with E-state index in [4.69, 9.17) is 14.2 Å². The lowest BCUT2D eigenvalue weighted by Gasteiger charge is -2.32. The van der Waals surface area contributed by atoms with Crippen molar-refractivity contribution in [2.45, 2.75) is 174 Å². The van der Waals surface area contributed by atoms with Crippen molar-refractivity contribution in [2.24, 2.45) is 17.8 Å². The summed E-state index contributed by atoms with van der Waals surface area (Å²) < 4.78 is 17.4. The molecule has 8 heteroatoms. The van der Waals surface area contributed by atoms with Gasteiger partial charge < -0.3 is 24.0 Å². The van der Waals surface area contributed by atoms with Gasteiger partial charge in [-0.05, 0) is 81.7 Å². The van der Waals surface area contributed by atoms with E-state index in [1.807, 2.05) is 0 Å². The third-order valence-corrected chi connectivity index (χ3v) is 11.5. The first kappa shape index (κ1) is 48.6. The van der Waals surface area contributed by atoms with Gasteiger partial charge in [0.15, 0.2) is 0 Å². The van der Waals surface area contributed by atoms with Gasteiger partial charge in [-0.15, -0.1) is 0 Å². The van der Waals surface area contributed by atoms with Gasteiger partial charge in [-0.25, -0.2) is 0 Å². The summed E-state index contributed by atoms with van der Waals surface area (Å²) in [5, 5.41) is 0. The normalized spacial score (nSPS) is 23.4. The average Bonchev–Trinajstić information content (AvgIpc) is 3.17. The molecule has 55 heavy (non-hydrogen) atoms. The van der Waals surface area contributed by atoms with Crippen LogP contribution >= 0.6 is 0 Å². The van der Waals surface area contributed by atoms with E-state index in [-0.39, 0.29) is 48.5 Å². The second-order valence-electron chi connectivity index (χ2n) is 16.3. The standard InChI is InChI=1S/C47H80N2O6/c1-5-8-19-28-42-39-45(50)53-36-23-17-13-11-15-21-26-41(47(52)55-38-25-31-49-34-32-48(4)33-35-49)27-22-16-12-14-18-24-37-54-46(51)40-43(29-20-9-6-2)44(42)30-10-7-3/h41-43H,3,5-6,8-9,11-29,31-40H2,1-2,4H3. The molecular formula is C47H80N2O6. The van der Waals surface area contributed by atoms with Crippen molar-refractivity contribution in [2.75, 3.05) is 59.6 Å². The summed E-state index contributed by atoms with van der Waals surface area (Å²) in [6.07, 6.45) is 23.8. The molecule has 0 amide bonds. The van der Waals surface area contributed by atoms with E-state index in [0.717, 1.165) is 186 Å². The Hall–Kier alpha value is -2.59. The minimum Gasteiger partial charge on any atom is -0.466 e. The van der Waals surface area contributed by atoms with Crippen LogP contribution in [0.25, 0.3) is 0 Å². The number of carbonyl (C=O) groups excluding carboxylic acids is 3. The van der Waals surface area contributed by atoms with Crippen molar-refractivity contribution in [1.29, 1.82) is 0 Å². The summed E-state index contributed by atoms with van der Waals surface area (Å²) in [5.41, 5.74) is 9.96. The molecule has 0 aromatic carbocycles. The highest BCUT2D eigenvalue weighted by Gasteiger charge is 2.28. The number of unbranched alkanes of at least 4 members (excludes halogenated alkanes) is 4. The quantitative estimate of drug-likeness (QED) is 0.0792. The van der Waals surface area contributed by atoms with E-state index in [1.165, 1.54) is 0 Å². The van der Waals surface area contributed by atoms with Gasteiger partial charge in [-0.3, -0.25) is 14.4 Å². The number of likely N-dealkylation sites (N-methyl/N-ethyl adjacent to an activating group) is 1. The number of carbonyl (C=O) groups is 3. The van der Waals surface area contributed by atoms with Crippen LogP contribution in [0.5, 0.6) is 0 Å². The van der Waals surface area contributed by atoms with Crippen LogP contribution in [0.2, 0.25) is 0 Å². The zero-order chi connectivity index (χ0) is 39.8. The Balaban J connectivity index is 2.01. The Morgan fingerprint density at radius 1 is 0.709 bits per heavy atom. The summed E-state index contributed by atoms with van der Waals surface area (Å²) in [7, 11) is 2.17. The van der Waals surface area contributed by atoms with Crippen molar-refractivity contribution >= 4 is 17.9 Å². The third-order valence-electron chi connectivity index (χ3n) is 11.5. The molecule has 2 unspecified atom stereocenters. The lowest BCUT2D eigenvalue weighted by Crippen LogP contribution is -2.44. The summed E-state index contributed by atoms with van der Waals surface area (Å²) in [6, 6.07) is 0. The van der Waals surface area contributed by atoms with Gasteiger partial charge in [0.05, 0.1) is 38.6 Å². The van der Waals surface area contributed by atoms with Crippen LogP contribution in [0.15, 0.2) is 29.3 Å². The molecule has 8 nitrogen and oxygen atoms in total. The molecule has 2 fully saturated rings. The smallest absolute Gasteiger partial charge is 0.308 e. The monoisotopic (exact) mass is 769 g/mol. The Kier molecular flexibility index (Phi) is 28.7. The SMILES string of the molecule is C=C=C=C=C1C(CCCCC)CC(=O)OCCCCCCCCC(C(=O)OCCCN2CCN(C)CC2)CCCCCCCCOC(=O)CC1CCCCC. The maximum Gasteiger partial charge on any atom is 0.308 e. The molecule has 2 saturated heterocycles. The third kappa shape index (κ3) is 23.9. The van der Waals surface area contributed by atoms with Crippen LogP contribution < -0.4 is 0 Å². The number of allylic oxidation sites excluding steroid dienone is 1. The Labute approximate surface area is 336 Å². The molecule has 0 aromatic heterocycles. The van der Waals surface area contributed by atoms with Crippen LogP contribution in [0.1, 0.15) is 174 Å². The Morgan fingerprint density at radius 3 is 1.69 bits per heavy atom. The highest BCUT2D eigenvalue weighted by Crippen LogP contribution is 2.34. The van der Waals surface area contributed by atoms with E-state index in [1.54, 1.807) is 0 Å². The molecular weight excluding hydrogens is 689 g/mol. The van der Waals surface area contributed by atoms with E-state index >= 15 is 0 Å². The first-order chi connectivity index (χ1) is 26.9. The Bertz CT molecular complexity index is 1110. The molecule has 2 atom stereocenters. The van der Waals surface area contributed by atoms with Crippen LogP contribution in [0.4, 0.5) is 0 Å². The number of piperazine rings is 1. The molecule has 2 aliphatic rings. The Morgan fingerprint density at radius 2 is 1.20 bits per heavy atom. The van der Waals surface area contributed by atoms with E-state index < -0.39 is 0 Å². The molecule has 0 spiro atoms. The fourth-order valence-electron chi connectivity index (χ4n) is 7.99. The minimum absolute atomic E-state index is 0.00817. The van der Waals surface area contributed by atoms with Gasteiger partial charge in [0, 0.05) is 32.7 Å². The molecule has 2 aliphatic heterocycles. The number of cyclic esters (lactones) is 2. The molecule has 0 saturated carbocycles. The van der Waals surface area contributed by atoms with Crippen molar-refractivity contribution in [3.05, 3.63) is 29.3 Å². The topological polar surface area (TPSA) is 85.4 Å². The number of rotatable bonds is 13. The molecule has 2 rings (SSSR count).